The molecule has 2 N–H and O–H groups in total. The van der Waals surface area contributed by atoms with Gasteiger partial charge < -0.3 is 20.1 Å². The highest BCUT2D eigenvalue weighted by atomic mass is 16.5. The van der Waals surface area contributed by atoms with Gasteiger partial charge in [-0.2, -0.15) is 0 Å². The lowest BCUT2D eigenvalue weighted by atomic mass is 10.2. The third kappa shape index (κ3) is 3.65. The number of carbonyl (C=O) groups excluding carboxylic acids is 2. The molecular weight excluding hydrogens is 308 g/mol. The molecule has 0 fully saturated rings. The van der Waals surface area contributed by atoms with E-state index in [0.717, 1.165) is 5.75 Å². The number of ether oxygens (including phenoxy) is 2. The van der Waals surface area contributed by atoms with Crippen LogP contribution in [0.2, 0.25) is 0 Å². The third-order valence-corrected chi connectivity index (χ3v) is 3.36. The molecule has 3 rings (SSSR count). The fourth-order valence-corrected chi connectivity index (χ4v) is 2.32. The van der Waals surface area contributed by atoms with Gasteiger partial charge in [-0.25, -0.2) is 0 Å². The van der Waals surface area contributed by atoms with Crippen molar-refractivity contribution in [3.63, 3.8) is 0 Å². The Labute approximate surface area is 139 Å². The van der Waals surface area contributed by atoms with E-state index in [1.165, 1.54) is 0 Å². The van der Waals surface area contributed by atoms with Crippen molar-refractivity contribution in [1.82, 2.24) is 0 Å². The number of anilines is 2. The predicted molar refractivity (Wildman–Crippen MR) is 90.7 cm³/mol. The number of fused-ring (bicyclic) bond motifs is 1. The molecule has 1 aliphatic heterocycles. The molecule has 0 atom stereocenters. The molecule has 0 saturated carbocycles. The summed E-state index contributed by atoms with van der Waals surface area (Å²) >= 11 is 0. The summed E-state index contributed by atoms with van der Waals surface area (Å²) in [4.78, 5) is 23.7. The molecule has 0 saturated heterocycles. The molecule has 0 bridgehead atoms. The van der Waals surface area contributed by atoms with Crippen LogP contribution in [0, 0.1) is 0 Å². The highest BCUT2D eigenvalue weighted by Gasteiger charge is 2.16. The van der Waals surface area contributed by atoms with Gasteiger partial charge in [0.05, 0.1) is 11.8 Å². The Bertz CT molecular complexity index is 769. The Morgan fingerprint density at radius 2 is 1.96 bits per heavy atom. The molecule has 0 aliphatic carbocycles. The van der Waals surface area contributed by atoms with Crippen molar-refractivity contribution in [2.75, 3.05) is 17.2 Å². The third-order valence-electron chi connectivity index (χ3n) is 3.36. The first-order chi connectivity index (χ1) is 11.5. The summed E-state index contributed by atoms with van der Waals surface area (Å²) in [6, 6.07) is 12.0. The zero-order valence-corrected chi connectivity index (χ0v) is 13.5. The van der Waals surface area contributed by atoms with Gasteiger partial charge in [-0.1, -0.05) is 0 Å². The van der Waals surface area contributed by atoms with Gasteiger partial charge in [0.2, 0.25) is 0 Å². The molecule has 1 aliphatic rings. The van der Waals surface area contributed by atoms with Crippen molar-refractivity contribution in [2.45, 2.75) is 20.0 Å². The topological polar surface area (TPSA) is 76.7 Å². The first kappa shape index (κ1) is 15.9. The molecule has 24 heavy (non-hydrogen) atoms. The Hall–Kier alpha value is -3.02. The van der Waals surface area contributed by atoms with Crippen molar-refractivity contribution in [3.05, 3.63) is 48.0 Å². The van der Waals surface area contributed by atoms with Crippen LogP contribution in [0.15, 0.2) is 42.5 Å². The highest BCUT2D eigenvalue weighted by molar-refractivity contribution is 6.05. The monoisotopic (exact) mass is 326 g/mol. The summed E-state index contributed by atoms with van der Waals surface area (Å²) in [6.07, 6.45) is 0.0811. The lowest BCUT2D eigenvalue weighted by Gasteiger charge is -2.18. The first-order valence-corrected chi connectivity index (χ1v) is 7.66. The molecule has 1 heterocycles. The van der Waals surface area contributed by atoms with E-state index >= 15 is 0 Å². The van der Waals surface area contributed by atoms with Crippen LogP contribution < -0.4 is 20.1 Å². The van der Waals surface area contributed by atoms with Crippen LogP contribution in [0.5, 0.6) is 11.5 Å². The molecule has 6 nitrogen and oxygen atoms in total. The van der Waals surface area contributed by atoms with Gasteiger partial charge in [-0.15, -0.1) is 0 Å². The number of amides is 2. The molecule has 6 heteroatoms. The fourth-order valence-electron chi connectivity index (χ4n) is 2.32. The minimum absolute atomic E-state index is 0.00347. The second-order valence-corrected chi connectivity index (χ2v) is 5.69. The number of carbonyl (C=O) groups is 2. The maximum atomic E-state index is 12.3. The van der Waals surface area contributed by atoms with Gasteiger partial charge in [-0.3, -0.25) is 9.59 Å². The van der Waals surface area contributed by atoms with Gasteiger partial charge in [0, 0.05) is 11.3 Å². The highest BCUT2D eigenvalue weighted by Crippen LogP contribution is 2.30. The lowest BCUT2D eigenvalue weighted by Crippen LogP contribution is -2.25. The van der Waals surface area contributed by atoms with Crippen LogP contribution in [-0.2, 0) is 4.79 Å². The molecular formula is C18H18N2O4. The minimum atomic E-state index is -0.242. The van der Waals surface area contributed by atoms with Crippen LogP contribution >= 0.6 is 0 Å². The molecule has 0 radical (unpaired) electrons. The first-order valence-electron chi connectivity index (χ1n) is 7.66. The fraction of sp³-hybridized carbons (Fsp3) is 0.222. The number of rotatable bonds is 4. The summed E-state index contributed by atoms with van der Waals surface area (Å²) in [5.41, 5.74) is 1.64. The normalized spacial score (nSPS) is 12.9. The van der Waals surface area contributed by atoms with Crippen LogP contribution in [0.4, 0.5) is 11.4 Å². The summed E-state index contributed by atoms with van der Waals surface area (Å²) < 4.78 is 10.8. The molecule has 0 spiro atoms. The number of benzene rings is 2. The Balaban J connectivity index is 1.70. The van der Waals surface area contributed by atoms with Crippen LogP contribution in [0.3, 0.4) is 0 Å². The lowest BCUT2D eigenvalue weighted by molar-refractivity contribution is -0.118. The van der Waals surface area contributed by atoms with Crippen molar-refractivity contribution in [3.8, 4) is 11.5 Å². The van der Waals surface area contributed by atoms with Crippen molar-refractivity contribution in [2.24, 2.45) is 0 Å². The van der Waals surface area contributed by atoms with E-state index in [4.69, 9.17) is 9.47 Å². The van der Waals surface area contributed by atoms with Gasteiger partial charge in [0.15, 0.2) is 6.61 Å². The summed E-state index contributed by atoms with van der Waals surface area (Å²) in [5.74, 6) is 0.846. The summed E-state index contributed by atoms with van der Waals surface area (Å²) in [6.45, 7) is 3.89. The largest absolute Gasteiger partial charge is 0.491 e. The molecule has 2 aromatic carbocycles. The average Bonchev–Trinajstić information content (AvgIpc) is 2.54. The summed E-state index contributed by atoms with van der Waals surface area (Å²) in [7, 11) is 0. The van der Waals surface area contributed by atoms with E-state index in [-0.39, 0.29) is 24.5 Å². The van der Waals surface area contributed by atoms with E-state index in [9.17, 15) is 9.59 Å². The van der Waals surface area contributed by atoms with E-state index < -0.39 is 0 Å². The van der Waals surface area contributed by atoms with Gasteiger partial charge >= 0.3 is 0 Å². The zero-order valence-electron chi connectivity index (χ0n) is 13.5. The summed E-state index contributed by atoms with van der Waals surface area (Å²) in [5, 5.41) is 5.50. The number of nitrogens with one attached hydrogen (secondary N) is 2. The van der Waals surface area contributed by atoms with Crippen molar-refractivity contribution in [1.29, 1.82) is 0 Å². The van der Waals surface area contributed by atoms with Crippen LogP contribution in [0.1, 0.15) is 24.2 Å². The van der Waals surface area contributed by atoms with Crippen LogP contribution in [0.25, 0.3) is 0 Å². The Morgan fingerprint density at radius 3 is 2.67 bits per heavy atom. The Morgan fingerprint density at radius 1 is 1.21 bits per heavy atom. The van der Waals surface area contributed by atoms with E-state index in [1.54, 1.807) is 42.5 Å². The van der Waals surface area contributed by atoms with Crippen molar-refractivity contribution < 1.29 is 19.1 Å². The van der Waals surface area contributed by atoms with Crippen LogP contribution in [-0.4, -0.2) is 24.5 Å². The maximum Gasteiger partial charge on any atom is 0.262 e. The molecule has 0 unspecified atom stereocenters. The quantitative estimate of drug-likeness (QED) is 0.905. The molecule has 2 amide bonds. The van der Waals surface area contributed by atoms with E-state index in [1.807, 2.05) is 13.8 Å². The second kappa shape index (κ2) is 6.62. The van der Waals surface area contributed by atoms with E-state index in [0.29, 0.717) is 22.7 Å². The van der Waals surface area contributed by atoms with Crippen molar-refractivity contribution >= 4 is 23.2 Å². The molecule has 124 valence electrons. The standard InChI is InChI=1S/C18H18N2O4/c1-11(2)24-14-6-3-12(4-7-14)18(22)19-13-5-8-16-15(9-13)20-17(21)10-23-16/h3-9,11H,10H2,1-2H3,(H,19,22)(H,20,21). The number of hydrogen-bond donors (Lipinski definition) is 2. The smallest absolute Gasteiger partial charge is 0.262 e. The SMILES string of the molecule is CC(C)Oc1ccc(C(=O)Nc2ccc3c(c2)NC(=O)CO3)cc1. The van der Waals surface area contributed by atoms with Gasteiger partial charge in [0.25, 0.3) is 11.8 Å². The predicted octanol–water partition coefficient (Wildman–Crippen LogP) is 3.06. The zero-order chi connectivity index (χ0) is 17.1. The molecule has 2 aromatic rings. The van der Waals surface area contributed by atoms with Gasteiger partial charge in [-0.05, 0) is 56.3 Å². The van der Waals surface area contributed by atoms with Gasteiger partial charge in [0.1, 0.15) is 11.5 Å². The Kier molecular flexibility index (Phi) is 4.37. The van der Waals surface area contributed by atoms with E-state index in [2.05, 4.69) is 10.6 Å². The maximum absolute atomic E-state index is 12.3. The molecule has 0 aromatic heterocycles. The second-order valence-electron chi connectivity index (χ2n) is 5.69. The minimum Gasteiger partial charge on any atom is -0.491 e. The number of hydrogen-bond acceptors (Lipinski definition) is 4. The average molecular weight is 326 g/mol.